The Morgan fingerprint density at radius 3 is 1.60 bits per heavy atom. The monoisotopic (exact) mass is 328 g/mol. The zero-order valence-electron chi connectivity index (χ0n) is 8.53. The molecule has 0 fully saturated rings. The highest BCUT2D eigenvalue weighted by molar-refractivity contribution is 5.70. The average molecular weight is 328 g/mol. The van der Waals surface area contributed by atoms with Crippen molar-refractivity contribution in [2.75, 3.05) is 0 Å². The minimum Gasteiger partial charge on any atom is -0.477 e. The number of hydrogen-bond acceptors (Lipinski definition) is 3. The van der Waals surface area contributed by atoms with E-state index in [4.69, 9.17) is 5.11 Å². The molecule has 20 heavy (non-hydrogen) atoms. The minimum atomic E-state index is -7.02. The third-order valence-electron chi connectivity index (χ3n) is 1.42. The van der Waals surface area contributed by atoms with E-state index in [0.717, 1.165) is 0 Å². The highest BCUT2D eigenvalue weighted by atomic mass is 19.4. The van der Waals surface area contributed by atoms with Crippen LogP contribution in [0, 0.1) is 0 Å². The molecule has 0 rings (SSSR count). The number of ether oxygens (including phenoxy) is 2. The largest absolute Gasteiger partial charge is 0.527 e. The molecule has 0 radical (unpaired) electrons. The molecule has 1 atom stereocenters. The lowest BCUT2D eigenvalue weighted by molar-refractivity contribution is -0.511. The number of carbonyl (C=O) groups is 1. The number of rotatable bonds is 6. The second-order valence-electron chi connectivity index (χ2n) is 2.93. The molecule has 0 aliphatic rings. The summed E-state index contributed by atoms with van der Waals surface area (Å²) in [6.45, 7) is 0. The smallest absolute Gasteiger partial charge is 0.477 e. The zero-order valence-corrected chi connectivity index (χ0v) is 8.53. The van der Waals surface area contributed by atoms with Crippen LogP contribution in [0.3, 0.4) is 0 Å². The van der Waals surface area contributed by atoms with Gasteiger partial charge in [0.25, 0.3) is 0 Å². The van der Waals surface area contributed by atoms with Crippen LogP contribution in [0.25, 0.3) is 0 Å². The molecule has 0 aromatic heterocycles. The predicted molar refractivity (Wildman–Crippen MR) is 35.6 cm³/mol. The van der Waals surface area contributed by atoms with Gasteiger partial charge in [0.2, 0.25) is 0 Å². The molecule has 0 saturated heterocycles. The van der Waals surface area contributed by atoms with E-state index in [2.05, 4.69) is 4.74 Å². The van der Waals surface area contributed by atoms with Gasteiger partial charge in [0.05, 0.1) is 0 Å². The number of aliphatic carboxylic acids is 1. The standard InChI is InChI=1S/C6H2F10O4/c7-1(2(17)18)19-4(10,11)3(8,9)5(12,13)20-6(14,15)16/h1H,(H,17,18). The van der Waals surface area contributed by atoms with Crippen LogP contribution in [-0.2, 0) is 14.3 Å². The van der Waals surface area contributed by atoms with Gasteiger partial charge in [0.15, 0.2) is 0 Å². The van der Waals surface area contributed by atoms with Gasteiger partial charge in [-0.3, -0.25) is 4.74 Å². The van der Waals surface area contributed by atoms with Crippen molar-refractivity contribution in [2.24, 2.45) is 0 Å². The Hall–Kier alpha value is -1.31. The molecule has 0 aromatic rings. The van der Waals surface area contributed by atoms with Crippen molar-refractivity contribution in [2.45, 2.75) is 30.9 Å². The van der Waals surface area contributed by atoms with Crippen molar-refractivity contribution >= 4 is 5.97 Å². The fraction of sp³-hybridized carbons (Fsp3) is 0.833. The molecule has 1 N–H and O–H groups in total. The second-order valence-corrected chi connectivity index (χ2v) is 2.93. The topological polar surface area (TPSA) is 55.8 Å². The fourth-order valence-electron chi connectivity index (χ4n) is 0.633. The third-order valence-corrected chi connectivity index (χ3v) is 1.42. The first kappa shape index (κ1) is 18.7. The Kier molecular flexibility index (Phi) is 4.89. The molecule has 0 aliphatic heterocycles. The number of alkyl halides is 10. The molecule has 14 heteroatoms. The summed E-state index contributed by atoms with van der Waals surface area (Å²) in [4.78, 5) is 9.71. The summed E-state index contributed by atoms with van der Waals surface area (Å²) in [5, 5.41) is 7.72. The number of carboxylic acids is 1. The van der Waals surface area contributed by atoms with Gasteiger partial charge >= 0.3 is 36.8 Å². The molecule has 0 bridgehead atoms. The normalized spacial score (nSPS) is 16.1. The molecular weight excluding hydrogens is 326 g/mol. The Labute approximate surface area is 101 Å². The van der Waals surface area contributed by atoms with Gasteiger partial charge in [-0.25, -0.2) is 13.9 Å². The molecule has 0 saturated carbocycles. The highest BCUT2D eigenvalue weighted by Gasteiger charge is 2.77. The van der Waals surface area contributed by atoms with Crippen LogP contribution in [0.1, 0.15) is 0 Å². The van der Waals surface area contributed by atoms with E-state index in [1.165, 1.54) is 4.74 Å². The quantitative estimate of drug-likeness (QED) is 0.762. The van der Waals surface area contributed by atoms with E-state index in [0.29, 0.717) is 0 Å². The third kappa shape index (κ3) is 4.09. The molecule has 1 unspecified atom stereocenters. The first-order chi connectivity index (χ1) is 8.53. The van der Waals surface area contributed by atoms with E-state index in [1.807, 2.05) is 0 Å². The van der Waals surface area contributed by atoms with E-state index in [-0.39, 0.29) is 0 Å². The second kappa shape index (κ2) is 5.23. The Bertz CT molecular complexity index is 363. The van der Waals surface area contributed by atoms with Gasteiger partial charge < -0.3 is 5.11 Å². The minimum absolute atomic E-state index is 1.51. The summed E-state index contributed by atoms with van der Waals surface area (Å²) in [7, 11) is 0. The Balaban J connectivity index is 5.32. The zero-order chi connectivity index (χ0) is 16.6. The summed E-state index contributed by atoms with van der Waals surface area (Å²) in [5.74, 6) is -9.92. The Morgan fingerprint density at radius 2 is 1.30 bits per heavy atom. The number of carboxylic acid groups (broad SMARTS) is 1. The van der Waals surface area contributed by atoms with E-state index in [9.17, 15) is 48.7 Å². The maximum atomic E-state index is 12.5. The van der Waals surface area contributed by atoms with E-state index in [1.54, 1.807) is 0 Å². The fourth-order valence-corrected chi connectivity index (χ4v) is 0.633. The average Bonchev–Trinajstić information content (AvgIpc) is 2.11. The van der Waals surface area contributed by atoms with Gasteiger partial charge in [-0.1, -0.05) is 0 Å². The lowest BCUT2D eigenvalue weighted by Gasteiger charge is -2.31. The lowest BCUT2D eigenvalue weighted by atomic mass is 10.3. The SMILES string of the molecule is O=C(O)C(F)OC(F)(F)C(F)(F)C(F)(F)OC(F)(F)F. The molecule has 0 aromatic carbocycles. The summed E-state index contributed by atoms with van der Waals surface area (Å²) in [6, 6.07) is 0. The summed E-state index contributed by atoms with van der Waals surface area (Å²) in [6.07, 6.45) is -24.1. The van der Waals surface area contributed by atoms with Crippen molar-refractivity contribution in [3.05, 3.63) is 0 Å². The van der Waals surface area contributed by atoms with Crippen molar-refractivity contribution in [3.8, 4) is 0 Å². The van der Waals surface area contributed by atoms with E-state index >= 15 is 0 Å². The molecule has 0 aliphatic carbocycles. The van der Waals surface area contributed by atoms with Crippen molar-refractivity contribution in [3.63, 3.8) is 0 Å². The number of halogens is 10. The maximum Gasteiger partial charge on any atom is 0.527 e. The summed E-state index contributed by atoms with van der Waals surface area (Å²) < 4.78 is 125. The van der Waals surface area contributed by atoms with Crippen molar-refractivity contribution in [1.82, 2.24) is 0 Å². The maximum absolute atomic E-state index is 12.5. The van der Waals surface area contributed by atoms with Crippen LogP contribution in [-0.4, -0.2) is 41.9 Å². The van der Waals surface area contributed by atoms with Crippen molar-refractivity contribution < 1.29 is 63.3 Å². The molecule has 4 nitrogen and oxygen atoms in total. The first-order valence-corrected chi connectivity index (χ1v) is 3.98. The first-order valence-electron chi connectivity index (χ1n) is 3.98. The van der Waals surface area contributed by atoms with Crippen LogP contribution in [0.2, 0.25) is 0 Å². The summed E-state index contributed by atoms with van der Waals surface area (Å²) >= 11 is 0. The lowest BCUT2D eigenvalue weighted by Crippen LogP contribution is -2.59. The highest BCUT2D eigenvalue weighted by Crippen LogP contribution is 2.49. The Morgan fingerprint density at radius 1 is 0.900 bits per heavy atom. The predicted octanol–water partition coefficient (Wildman–Crippen LogP) is 2.74. The van der Waals surface area contributed by atoms with Crippen LogP contribution in [0.4, 0.5) is 43.9 Å². The van der Waals surface area contributed by atoms with Crippen LogP contribution < -0.4 is 0 Å². The van der Waals surface area contributed by atoms with Gasteiger partial charge in [-0.05, 0) is 0 Å². The number of hydrogen-bond donors (Lipinski definition) is 1. The van der Waals surface area contributed by atoms with Crippen molar-refractivity contribution in [1.29, 1.82) is 0 Å². The molecule has 0 spiro atoms. The van der Waals surface area contributed by atoms with Gasteiger partial charge in [0.1, 0.15) is 0 Å². The van der Waals surface area contributed by atoms with Gasteiger partial charge in [0, 0.05) is 0 Å². The van der Waals surface area contributed by atoms with Crippen LogP contribution in [0.15, 0.2) is 0 Å². The molecule has 120 valence electrons. The summed E-state index contributed by atoms with van der Waals surface area (Å²) in [5.41, 5.74) is 0. The van der Waals surface area contributed by atoms with Crippen LogP contribution in [0.5, 0.6) is 0 Å². The molecule has 0 heterocycles. The van der Waals surface area contributed by atoms with Gasteiger partial charge in [-0.2, -0.15) is 26.3 Å². The van der Waals surface area contributed by atoms with E-state index < -0.39 is 36.8 Å². The van der Waals surface area contributed by atoms with Gasteiger partial charge in [-0.15, -0.1) is 13.2 Å². The van der Waals surface area contributed by atoms with Crippen LogP contribution >= 0.6 is 0 Å². The molecule has 0 amide bonds. The molecular formula is C6H2F10O4.